The van der Waals surface area contributed by atoms with Crippen LogP contribution in [0.3, 0.4) is 0 Å². The van der Waals surface area contributed by atoms with E-state index in [1.165, 1.54) is 11.3 Å². The topological polar surface area (TPSA) is 104 Å². The summed E-state index contributed by atoms with van der Waals surface area (Å²) >= 11 is 8.33. The molecule has 0 saturated carbocycles. The molecular weight excluding hydrogens is 770 g/mol. The van der Waals surface area contributed by atoms with E-state index in [1.807, 2.05) is 72.8 Å². The Morgan fingerprint density at radius 3 is 1.33 bits per heavy atom. The van der Waals surface area contributed by atoms with Crippen LogP contribution >= 0.6 is 34.3 Å². The smallest absolute Gasteiger partial charge is 0.252 e. The second kappa shape index (κ2) is 20.0. The number of ether oxygens (including phenoxy) is 2. The van der Waals surface area contributed by atoms with Gasteiger partial charge in [-0.3, -0.25) is 9.59 Å². The van der Waals surface area contributed by atoms with E-state index in [1.54, 1.807) is 74.1 Å². The number of thiazole rings is 2. The third-order valence-electron chi connectivity index (χ3n) is 8.52. The van der Waals surface area contributed by atoms with Gasteiger partial charge in [0.2, 0.25) is 0 Å². The van der Waals surface area contributed by atoms with E-state index in [4.69, 9.17) is 31.8 Å². The zero-order valence-corrected chi connectivity index (χ0v) is 33.6. The molecule has 0 aliphatic rings. The number of hydrogen-bond donors (Lipinski definition) is 1. The van der Waals surface area contributed by atoms with Crippen molar-refractivity contribution in [2.45, 2.75) is 6.42 Å². The Bertz CT molecular complexity index is 2380. The fraction of sp³-hybridized carbons (Fsp3) is 0.0638. The van der Waals surface area contributed by atoms with Crippen LogP contribution in [0.5, 0.6) is 11.5 Å². The van der Waals surface area contributed by atoms with Gasteiger partial charge in [-0.2, -0.15) is 0 Å². The zero-order valence-electron chi connectivity index (χ0n) is 31.2. The van der Waals surface area contributed by atoms with Gasteiger partial charge in [0.25, 0.3) is 5.24 Å². The quantitative estimate of drug-likeness (QED) is 0.108. The van der Waals surface area contributed by atoms with Crippen LogP contribution in [0, 0.1) is 0 Å². The van der Waals surface area contributed by atoms with Crippen molar-refractivity contribution in [1.82, 2.24) is 9.97 Å². The first-order chi connectivity index (χ1) is 27.8. The summed E-state index contributed by atoms with van der Waals surface area (Å²) in [5.74, 6) is 1.51. The van der Waals surface area contributed by atoms with Gasteiger partial charge in [-0.15, -0.1) is 11.3 Å². The molecule has 8 aromatic rings. The number of carbonyl (C=O) groups excluding carboxylic acids is 2. The molecular formula is C47H38ClN3O4S2. The van der Waals surface area contributed by atoms with Gasteiger partial charge >= 0.3 is 0 Å². The number of ketones is 1. The molecule has 0 amide bonds. The number of methoxy groups -OCH3 is 2. The lowest BCUT2D eigenvalue weighted by Crippen LogP contribution is -2.03. The number of rotatable bonds is 10. The fourth-order valence-corrected chi connectivity index (χ4v) is 7.74. The highest BCUT2D eigenvalue weighted by molar-refractivity contribution is 7.19. The third kappa shape index (κ3) is 10.9. The number of carbonyl (C=O) groups is 2. The van der Waals surface area contributed by atoms with Gasteiger partial charge in [0, 0.05) is 22.3 Å². The maximum absolute atomic E-state index is 12.7. The summed E-state index contributed by atoms with van der Waals surface area (Å²) in [6, 6.07) is 54.5. The largest absolute Gasteiger partial charge is 0.497 e. The van der Waals surface area contributed by atoms with Crippen molar-refractivity contribution >= 4 is 50.4 Å². The van der Waals surface area contributed by atoms with Gasteiger partial charge in [0.1, 0.15) is 16.5 Å². The minimum Gasteiger partial charge on any atom is -0.497 e. The Balaban J connectivity index is 0.000000161. The molecule has 284 valence electrons. The molecule has 0 bridgehead atoms. The molecule has 7 nitrogen and oxygen atoms in total. The molecule has 0 spiro atoms. The molecule has 2 N–H and O–H groups in total. The summed E-state index contributed by atoms with van der Waals surface area (Å²) in [5.41, 5.74) is 13.3. The predicted octanol–water partition coefficient (Wildman–Crippen LogP) is 12.0. The molecule has 6 aromatic carbocycles. The van der Waals surface area contributed by atoms with E-state index in [-0.39, 0.29) is 12.2 Å². The molecule has 2 heterocycles. The number of Topliss-reactive ketones (excluding diaryl/α,β-unsaturated/α-hetero) is 1. The summed E-state index contributed by atoms with van der Waals surface area (Å²) in [6.07, 6.45) is 0.281. The zero-order chi connectivity index (χ0) is 40.0. The van der Waals surface area contributed by atoms with E-state index in [2.05, 4.69) is 53.5 Å². The average molecular weight is 808 g/mol. The molecule has 0 unspecified atom stereocenters. The first-order valence-corrected chi connectivity index (χ1v) is 19.8. The van der Waals surface area contributed by atoms with Gasteiger partial charge < -0.3 is 15.2 Å². The van der Waals surface area contributed by atoms with Crippen LogP contribution in [0.1, 0.15) is 25.7 Å². The van der Waals surface area contributed by atoms with Gasteiger partial charge in [0.05, 0.1) is 41.8 Å². The van der Waals surface area contributed by atoms with E-state index >= 15 is 0 Å². The number of hydrogen-bond acceptors (Lipinski definition) is 9. The lowest BCUT2D eigenvalue weighted by atomic mass is 10.1. The monoisotopic (exact) mass is 807 g/mol. The lowest BCUT2D eigenvalue weighted by molar-refractivity contribution is 0.0992. The van der Waals surface area contributed by atoms with Crippen LogP contribution in [-0.2, 0) is 6.42 Å². The molecule has 0 radical (unpaired) electrons. The van der Waals surface area contributed by atoms with E-state index < -0.39 is 5.24 Å². The van der Waals surface area contributed by atoms with Crippen molar-refractivity contribution in [2.24, 2.45) is 0 Å². The Kier molecular flexibility index (Phi) is 14.1. The first-order valence-electron chi connectivity index (χ1n) is 17.8. The van der Waals surface area contributed by atoms with E-state index in [0.29, 0.717) is 22.0 Å². The van der Waals surface area contributed by atoms with Crippen LogP contribution in [0.15, 0.2) is 170 Å². The average Bonchev–Trinajstić information content (AvgIpc) is 3.89. The van der Waals surface area contributed by atoms with Gasteiger partial charge in [-0.05, 0) is 71.3 Å². The number of benzene rings is 6. The minimum atomic E-state index is -0.451. The molecule has 0 aliphatic carbocycles. The second-order valence-electron chi connectivity index (χ2n) is 12.3. The molecule has 2 aromatic heterocycles. The number of halogens is 1. The van der Waals surface area contributed by atoms with Gasteiger partial charge in [-0.1, -0.05) is 133 Å². The van der Waals surface area contributed by atoms with Crippen molar-refractivity contribution in [3.63, 3.8) is 0 Å². The standard InChI is InChI=1S/C24H19NO2S.C15H12N2S.C8H7ClO2/c1-27-20-14-12-17(13-15-20)21(26)16-22-25-23(18-8-4-2-5-9-18)24(28-22)19-10-6-3-7-11-19;16-15-17-13(11-7-3-1-4-8-11)14(18-15)12-9-5-2-6-10-12;1-11-7-4-2-6(3-5-7)8(9)10/h2-15H,16H2,1H3;1-10H,(H2,16,17);2-5H,1H3. The highest BCUT2D eigenvalue weighted by Crippen LogP contribution is 2.38. The summed E-state index contributed by atoms with van der Waals surface area (Å²) in [4.78, 5) is 34.8. The Hall–Kier alpha value is -6.39. The van der Waals surface area contributed by atoms with Crippen molar-refractivity contribution in [3.05, 3.63) is 186 Å². The van der Waals surface area contributed by atoms with Crippen LogP contribution in [-0.4, -0.2) is 35.2 Å². The number of nitrogens with two attached hydrogens (primary N) is 1. The third-order valence-corrected chi connectivity index (χ3v) is 10.8. The van der Waals surface area contributed by atoms with Crippen LogP contribution in [0.4, 0.5) is 5.13 Å². The minimum absolute atomic E-state index is 0.0515. The predicted molar refractivity (Wildman–Crippen MR) is 235 cm³/mol. The second-order valence-corrected chi connectivity index (χ2v) is 14.8. The molecule has 0 fully saturated rings. The van der Waals surface area contributed by atoms with E-state index in [9.17, 15) is 9.59 Å². The van der Waals surface area contributed by atoms with Crippen molar-refractivity contribution in [1.29, 1.82) is 0 Å². The maximum Gasteiger partial charge on any atom is 0.252 e. The Labute approximate surface area is 345 Å². The molecule has 10 heteroatoms. The summed E-state index contributed by atoms with van der Waals surface area (Å²) in [5, 5.41) is 0.971. The maximum atomic E-state index is 12.7. The first kappa shape index (κ1) is 40.3. The van der Waals surface area contributed by atoms with Gasteiger partial charge in [0.15, 0.2) is 10.9 Å². The van der Waals surface area contributed by atoms with Crippen molar-refractivity contribution in [3.8, 4) is 54.9 Å². The summed E-state index contributed by atoms with van der Waals surface area (Å²) in [7, 11) is 3.18. The van der Waals surface area contributed by atoms with Crippen LogP contribution < -0.4 is 15.2 Å². The molecule has 0 atom stereocenters. The Morgan fingerprint density at radius 1 is 0.526 bits per heavy atom. The SMILES string of the molecule is COc1ccc(C(=O)Cc2nc(-c3ccccc3)c(-c3ccccc3)s2)cc1.COc1ccc(C(=O)Cl)cc1.Nc1nc(-c2ccccc2)c(-c2ccccc2)s1. The summed E-state index contributed by atoms with van der Waals surface area (Å²) in [6.45, 7) is 0. The van der Waals surface area contributed by atoms with Crippen LogP contribution in [0.2, 0.25) is 0 Å². The number of nitrogens with zero attached hydrogens (tertiary/aromatic N) is 2. The molecule has 0 saturated heterocycles. The highest BCUT2D eigenvalue weighted by Gasteiger charge is 2.18. The highest BCUT2D eigenvalue weighted by atomic mass is 35.5. The molecule has 57 heavy (non-hydrogen) atoms. The summed E-state index contributed by atoms with van der Waals surface area (Å²) < 4.78 is 10.1. The molecule has 0 aliphatic heterocycles. The van der Waals surface area contributed by atoms with E-state index in [0.717, 1.165) is 54.2 Å². The Morgan fingerprint density at radius 2 is 0.912 bits per heavy atom. The number of nitrogen functional groups attached to an aromatic ring is 1. The number of aromatic nitrogens is 2. The lowest BCUT2D eigenvalue weighted by Gasteiger charge is -2.02. The number of anilines is 1. The van der Waals surface area contributed by atoms with Gasteiger partial charge in [-0.25, -0.2) is 9.97 Å². The van der Waals surface area contributed by atoms with Crippen molar-refractivity contribution < 1.29 is 19.1 Å². The van der Waals surface area contributed by atoms with Crippen LogP contribution in [0.25, 0.3) is 43.4 Å². The fourth-order valence-electron chi connectivity index (χ4n) is 5.67. The normalized spacial score (nSPS) is 10.3. The molecule has 8 rings (SSSR count). The van der Waals surface area contributed by atoms with Crippen molar-refractivity contribution in [2.75, 3.05) is 20.0 Å².